The van der Waals surface area contributed by atoms with E-state index in [1.807, 2.05) is 40.9 Å². The van der Waals surface area contributed by atoms with Crippen molar-refractivity contribution in [1.29, 1.82) is 0 Å². The number of benzene rings is 1. The average molecular weight is 341 g/mol. The van der Waals surface area contributed by atoms with Gasteiger partial charge in [-0.2, -0.15) is 0 Å². The molecule has 1 aromatic heterocycles. The van der Waals surface area contributed by atoms with E-state index in [2.05, 4.69) is 4.98 Å². The molecule has 1 amide bonds. The van der Waals surface area contributed by atoms with Crippen LogP contribution in [0.3, 0.4) is 0 Å². The van der Waals surface area contributed by atoms with E-state index in [0.29, 0.717) is 30.0 Å². The first-order chi connectivity index (χ1) is 12.0. The zero-order chi connectivity index (χ0) is 17.6. The van der Waals surface area contributed by atoms with Crippen molar-refractivity contribution in [2.24, 2.45) is 7.05 Å². The number of aromatic nitrogens is 2. The van der Waals surface area contributed by atoms with Gasteiger partial charge in [-0.3, -0.25) is 4.79 Å². The van der Waals surface area contributed by atoms with Crippen molar-refractivity contribution in [3.8, 4) is 5.75 Å². The van der Waals surface area contributed by atoms with E-state index in [0.717, 1.165) is 12.8 Å². The number of para-hydroxylation sites is 1. The second kappa shape index (κ2) is 5.88. The van der Waals surface area contributed by atoms with Crippen molar-refractivity contribution < 1.29 is 14.6 Å². The predicted molar refractivity (Wildman–Crippen MR) is 92.3 cm³/mol. The van der Waals surface area contributed by atoms with Crippen LogP contribution in [0.4, 0.5) is 0 Å². The first kappa shape index (κ1) is 16.1. The molecule has 0 saturated carbocycles. The fraction of sp³-hybridized carbons (Fsp3) is 0.474. The Morgan fingerprint density at radius 2 is 1.96 bits per heavy atom. The Bertz CT molecular complexity index is 787. The molecule has 0 aliphatic carbocycles. The number of aryl methyl sites for hydroxylation is 1. The maximum atomic E-state index is 13.1. The minimum absolute atomic E-state index is 0.00756. The molecule has 0 spiro atoms. The lowest BCUT2D eigenvalue weighted by Gasteiger charge is -2.43. The molecule has 0 radical (unpaired) electrons. The molecular weight excluding hydrogens is 318 g/mol. The molecule has 2 aromatic rings. The largest absolute Gasteiger partial charge is 0.496 e. The highest BCUT2D eigenvalue weighted by molar-refractivity contribution is 5.97. The number of amides is 1. The molecule has 25 heavy (non-hydrogen) atoms. The van der Waals surface area contributed by atoms with E-state index in [9.17, 15) is 9.90 Å². The van der Waals surface area contributed by atoms with Gasteiger partial charge in [0.2, 0.25) is 0 Å². The fourth-order valence-corrected chi connectivity index (χ4v) is 4.51. The number of aliphatic hydroxyl groups is 1. The van der Waals surface area contributed by atoms with E-state index in [1.165, 1.54) is 0 Å². The van der Waals surface area contributed by atoms with Crippen LogP contribution in [0, 0.1) is 0 Å². The van der Waals surface area contributed by atoms with E-state index >= 15 is 0 Å². The van der Waals surface area contributed by atoms with Crippen LogP contribution in [0.2, 0.25) is 0 Å². The Labute approximate surface area is 147 Å². The number of carbonyl (C=O) groups excluding carboxylic acids is 1. The van der Waals surface area contributed by atoms with Gasteiger partial charge in [0, 0.05) is 44.4 Å². The molecule has 2 aliphatic rings. The molecule has 2 aliphatic heterocycles. The lowest BCUT2D eigenvalue weighted by molar-refractivity contribution is -0.0555. The Kier molecular flexibility index (Phi) is 3.80. The van der Waals surface area contributed by atoms with Crippen molar-refractivity contribution in [2.45, 2.75) is 43.4 Å². The molecule has 6 nitrogen and oxygen atoms in total. The van der Waals surface area contributed by atoms with Gasteiger partial charge in [-0.1, -0.05) is 12.1 Å². The van der Waals surface area contributed by atoms with Crippen molar-refractivity contribution in [2.75, 3.05) is 7.11 Å². The van der Waals surface area contributed by atoms with Crippen LogP contribution in [-0.4, -0.2) is 44.7 Å². The number of hydrogen-bond donors (Lipinski definition) is 1. The van der Waals surface area contributed by atoms with E-state index in [4.69, 9.17) is 4.74 Å². The van der Waals surface area contributed by atoms with Gasteiger partial charge in [-0.15, -0.1) is 0 Å². The SMILES string of the molecule is COc1ccccc1C(=O)N1[C@@H]2CC[C@H]1CC(O)(c1nccn1C)C2. The van der Waals surface area contributed by atoms with Gasteiger partial charge in [0.25, 0.3) is 5.91 Å². The van der Waals surface area contributed by atoms with E-state index < -0.39 is 5.60 Å². The maximum absolute atomic E-state index is 13.1. The third-order valence-corrected chi connectivity index (χ3v) is 5.58. The van der Waals surface area contributed by atoms with Crippen LogP contribution >= 0.6 is 0 Å². The van der Waals surface area contributed by atoms with Gasteiger partial charge >= 0.3 is 0 Å². The van der Waals surface area contributed by atoms with Crippen LogP contribution in [-0.2, 0) is 12.6 Å². The molecule has 4 rings (SSSR count). The summed E-state index contributed by atoms with van der Waals surface area (Å²) in [6.45, 7) is 0. The minimum Gasteiger partial charge on any atom is -0.496 e. The molecule has 1 unspecified atom stereocenters. The van der Waals surface area contributed by atoms with Crippen molar-refractivity contribution in [3.05, 3.63) is 48.0 Å². The number of methoxy groups -OCH3 is 1. The Balaban J connectivity index is 1.63. The standard InChI is InChI=1S/C19H23N3O3/c1-21-10-9-20-18(21)19(24)11-13-7-8-14(12-19)22(13)17(23)15-5-3-4-6-16(15)25-2/h3-6,9-10,13-14,24H,7-8,11-12H2,1-2H3/t13-,14+,19?. The Morgan fingerprint density at radius 3 is 2.56 bits per heavy atom. The second-order valence-electron chi connectivity index (χ2n) is 7.10. The summed E-state index contributed by atoms with van der Waals surface area (Å²) in [5.41, 5.74) is -0.383. The normalized spacial score (nSPS) is 28.2. The summed E-state index contributed by atoms with van der Waals surface area (Å²) in [6, 6.07) is 7.38. The number of carbonyl (C=O) groups is 1. The molecular formula is C19H23N3O3. The van der Waals surface area contributed by atoms with Gasteiger partial charge in [-0.05, 0) is 25.0 Å². The summed E-state index contributed by atoms with van der Waals surface area (Å²) in [5.74, 6) is 1.28. The third kappa shape index (κ3) is 2.52. The summed E-state index contributed by atoms with van der Waals surface area (Å²) in [4.78, 5) is 19.5. The summed E-state index contributed by atoms with van der Waals surface area (Å²) in [5, 5.41) is 11.2. The zero-order valence-electron chi connectivity index (χ0n) is 14.6. The summed E-state index contributed by atoms with van der Waals surface area (Å²) in [7, 11) is 3.48. The van der Waals surface area contributed by atoms with Gasteiger partial charge in [0.1, 0.15) is 17.2 Å². The van der Waals surface area contributed by atoms with Gasteiger partial charge in [0.15, 0.2) is 0 Å². The van der Waals surface area contributed by atoms with Crippen LogP contribution in [0.15, 0.2) is 36.7 Å². The second-order valence-corrected chi connectivity index (χ2v) is 7.10. The Hall–Kier alpha value is -2.34. The molecule has 3 atom stereocenters. The number of ether oxygens (including phenoxy) is 1. The van der Waals surface area contributed by atoms with Gasteiger partial charge < -0.3 is 19.3 Å². The first-order valence-electron chi connectivity index (χ1n) is 8.69. The molecule has 2 bridgehead atoms. The number of nitrogens with zero attached hydrogens (tertiary/aromatic N) is 3. The van der Waals surface area contributed by atoms with Crippen LogP contribution in [0.25, 0.3) is 0 Å². The topological polar surface area (TPSA) is 67.6 Å². The van der Waals surface area contributed by atoms with Crippen LogP contribution < -0.4 is 4.74 Å². The Morgan fingerprint density at radius 1 is 1.28 bits per heavy atom. The van der Waals surface area contributed by atoms with E-state index in [1.54, 1.807) is 19.4 Å². The number of fused-ring (bicyclic) bond motifs is 2. The molecule has 3 heterocycles. The van der Waals surface area contributed by atoms with Crippen molar-refractivity contribution in [3.63, 3.8) is 0 Å². The maximum Gasteiger partial charge on any atom is 0.258 e. The number of rotatable bonds is 3. The molecule has 2 saturated heterocycles. The summed E-state index contributed by atoms with van der Waals surface area (Å²) in [6.07, 6.45) is 6.43. The average Bonchev–Trinajstić information content (AvgIpc) is 3.16. The van der Waals surface area contributed by atoms with Gasteiger partial charge in [-0.25, -0.2) is 4.98 Å². The molecule has 6 heteroatoms. The quantitative estimate of drug-likeness (QED) is 0.928. The van der Waals surface area contributed by atoms with Crippen molar-refractivity contribution >= 4 is 5.91 Å². The van der Waals surface area contributed by atoms with Crippen LogP contribution in [0.1, 0.15) is 41.9 Å². The lowest BCUT2D eigenvalue weighted by atomic mass is 9.85. The number of imidazole rings is 1. The minimum atomic E-state index is -0.971. The zero-order valence-corrected chi connectivity index (χ0v) is 14.6. The highest BCUT2D eigenvalue weighted by atomic mass is 16.5. The first-order valence-corrected chi connectivity index (χ1v) is 8.69. The predicted octanol–water partition coefficient (Wildman–Crippen LogP) is 2.08. The molecule has 132 valence electrons. The fourth-order valence-electron chi connectivity index (χ4n) is 4.51. The monoisotopic (exact) mass is 341 g/mol. The lowest BCUT2D eigenvalue weighted by Crippen LogP contribution is -2.52. The molecule has 1 N–H and O–H groups in total. The van der Waals surface area contributed by atoms with E-state index in [-0.39, 0.29) is 18.0 Å². The highest BCUT2D eigenvalue weighted by Gasteiger charge is 2.51. The summed E-state index contributed by atoms with van der Waals surface area (Å²) < 4.78 is 7.23. The van der Waals surface area contributed by atoms with Crippen LogP contribution in [0.5, 0.6) is 5.75 Å². The summed E-state index contributed by atoms with van der Waals surface area (Å²) >= 11 is 0. The highest BCUT2D eigenvalue weighted by Crippen LogP contribution is 2.46. The molecule has 1 aromatic carbocycles. The molecule has 2 fully saturated rings. The van der Waals surface area contributed by atoms with Gasteiger partial charge in [0.05, 0.1) is 12.7 Å². The smallest absolute Gasteiger partial charge is 0.258 e. The number of piperidine rings is 1. The number of hydrogen-bond acceptors (Lipinski definition) is 4. The third-order valence-electron chi connectivity index (χ3n) is 5.58. The van der Waals surface area contributed by atoms with Crippen molar-refractivity contribution in [1.82, 2.24) is 14.5 Å².